The lowest BCUT2D eigenvalue weighted by atomic mass is 9.94. The maximum Gasteiger partial charge on any atom is 0.101 e. The molecule has 13 heavy (non-hydrogen) atoms. The smallest absolute Gasteiger partial charge is 0.101 e. The van der Waals surface area contributed by atoms with Gasteiger partial charge in [0.1, 0.15) is 13.1 Å². The van der Waals surface area contributed by atoms with Gasteiger partial charge in [-0.05, 0) is 25.2 Å². The number of ether oxygens (including phenoxy) is 1. The van der Waals surface area contributed by atoms with Gasteiger partial charge < -0.3 is 9.64 Å². The highest BCUT2D eigenvalue weighted by Gasteiger charge is 2.45. The first-order chi connectivity index (χ1) is 6.43. The van der Waals surface area contributed by atoms with Crippen molar-refractivity contribution in [3.05, 3.63) is 0 Å². The van der Waals surface area contributed by atoms with Gasteiger partial charge >= 0.3 is 0 Å². The Labute approximate surface area is 80.2 Å². The number of rotatable bonds is 1. The lowest BCUT2D eigenvalue weighted by molar-refractivity contribution is -0.936. The van der Waals surface area contributed by atoms with Crippen LogP contribution in [0.5, 0.6) is 0 Å². The summed E-state index contributed by atoms with van der Waals surface area (Å²) in [6.45, 7) is 4.55. The van der Waals surface area contributed by atoms with Crippen LogP contribution in [0.2, 0.25) is 0 Å². The first-order valence-electron chi connectivity index (χ1n) is 5.86. The summed E-state index contributed by atoms with van der Waals surface area (Å²) in [6.07, 6.45) is 6.14. The van der Waals surface area contributed by atoms with E-state index in [0.29, 0.717) is 0 Å². The number of morpholine rings is 1. The predicted molar refractivity (Wildman–Crippen MR) is 50.8 cm³/mol. The van der Waals surface area contributed by atoms with Crippen LogP contribution in [0.4, 0.5) is 0 Å². The van der Waals surface area contributed by atoms with Crippen LogP contribution in [0.25, 0.3) is 0 Å². The van der Waals surface area contributed by atoms with E-state index in [9.17, 15) is 0 Å². The number of nitrogens with one attached hydrogen (secondary N) is 1. The van der Waals surface area contributed by atoms with E-state index in [-0.39, 0.29) is 0 Å². The molecule has 3 rings (SSSR count). The zero-order chi connectivity index (χ0) is 8.67. The highest BCUT2D eigenvalue weighted by atomic mass is 16.5. The standard InChI is InChI=1S/C11H19NO/c1-2-10-7-9(1)8-11(10)12-3-5-13-6-4-12/h9-11H,1-8H2/p+1/t9-,10+,11+/m1/s1. The molecule has 2 nitrogen and oxygen atoms in total. The molecule has 3 atom stereocenters. The third kappa shape index (κ3) is 1.40. The van der Waals surface area contributed by atoms with E-state index in [2.05, 4.69) is 0 Å². The summed E-state index contributed by atoms with van der Waals surface area (Å²) < 4.78 is 5.42. The normalized spacial score (nSPS) is 45.7. The van der Waals surface area contributed by atoms with Crippen molar-refractivity contribution in [3.8, 4) is 0 Å². The van der Waals surface area contributed by atoms with E-state index in [1.165, 1.54) is 32.4 Å². The van der Waals surface area contributed by atoms with Gasteiger partial charge in [-0.25, -0.2) is 0 Å². The molecule has 0 aromatic heterocycles. The predicted octanol–water partition coefficient (Wildman–Crippen LogP) is 0.0901. The summed E-state index contributed by atoms with van der Waals surface area (Å²) >= 11 is 0. The van der Waals surface area contributed by atoms with Gasteiger partial charge in [0.05, 0.1) is 19.3 Å². The van der Waals surface area contributed by atoms with Gasteiger partial charge in [0.2, 0.25) is 0 Å². The van der Waals surface area contributed by atoms with E-state index < -0.39 is 0 Å². The minimum atomic E-state index is 1.00. The third-order valence-electron chi connectivity index (χ3n) is 4.40. The molecule has 2 heteroatoms. The van der Waals surface area contributed by atoms with Gasteiger partial charge in [-0.15, -0.1) is 0 Å². The molecular formula is C11H20NO+. The first-order valence-corrected chi connectivity index (χ1v) is 5.86. The van der Waals surface area contributed by atoms with Gasteiger partial charge in [-0.2, -0.15) is 0 Å². The molecule has 0 aromatic carbocycles. The summed E-state index contributed by atoms with van der Waals surface area (Å²) in [6, 6.07) is 1.02. The number of quaternary nitrogens is 1. The van der Waals surface area contributed by atoms with Gasteiger partial charge in [-0.3, -0.25) is 0 Å². The number of hydrogen-bond donors (Lipinski definition) is 1. The molecule has 0 amide bonds. The first kappa shape index (κ1) is 8.25. The topological polar surface area (TPSA) is 13.7 Å². The van der Waals surface area contributed by atoms with Crippen molar-refractivity contribution in [1.82, 2.24) is 0 Å². The van der Waals surface area contributed by atoms with Gasteiger partial charge in [0.15, 0.2) is 0 Å². The maximum absolute atomic E-state index is 5.42. The van der Waals surface area contributed by atoms with Crippen molar-refractivity contribution in [2.75, 3.05) is 26.3 Å². The molecular weight excluding hydrogens is 162 g/mol. The highest BCUT2D eigenvalue weighted by molar-refractivity contribution is 4.90. The van der Waals surface area contributed by atoms with Crippen LogP contribution in [-0.4, -0.2) is 32.3 Å². The summed E-state index contributed by atoms with van der Waals surface area (Å²) in [5, 5.41) is 0. The van der Waals surface area contributed by atoms with E-state index in [0.717, 1.165) is 31.1 Å². The molecule has 1 aliphatic heterocycles. The van der Waals surface area contributed by atoms with Crippen LogP contribution in [-0.2, 0) is 4.74 Å². The van der Waals surface area contributed by atoms with Gasteiger partial charge in [0.25, 0.3) is 0 Å². The molecule has 0 spiro atoms. The van der Waals surface area contributed by atoms with Gasteiger partial charge in [0, 0.05) is 12.3 Å². The summed E-state index contributed by atoms with van der Waals surface area (Å²) in [4.78, 5) is 1.86. The summed E-state index contributed by atoms with van der Waals surface area (Å²) in [5.74, 6) is 2.18. The molecule has 3 fully saturated rings. The molecule has 2 bridgehead atoms. The molecule has 0 unspecified atom stereocenters. The van der Waals surface area contributed by atoms with Crippen molar-refractivity contribution >= 4 is 0 Å². The highest BCUT2D eigenvalue weighted by Crippen LogP contribution is 2.43. The van der Waals surface area contributed by atoms with Crippen molar-refractivity contribution in [1.29, 1.82) is 0 Å². The average molecular weight is 182 g/mol. The molecule has 74 valence electrons. The minimum absolute atomic E-state index is 1.00. The second kappa shape index (κ2) is 3.25. The average Bonchev–Trinajstić information content (AvgIpc) is 2.80. The fourth-order valence-corrected chi connectivity index (χ4v) is 3.75. The van der Waals surface area contributed by atoms with E-state index in [4.69, 9.17) is 4.74 Å². The monoisotopic (exact) mass is 182 g/mol. The van der Waals surface area contributed by atoms with E-state index in [1.807, 2.05) is 4.90 Å². The molecule has 1 N–H and O–H groups in total. The molecule has 2 aliphatic carbocycles. The fraction of sp³-hybridized carbons (Fsp3) is 1.00. The van der Waals surface area contributed by atoms with E-state index >= 15 is 0 Å². The van der Waals surface area contributed by atoms with E-state index in [1.54, 1.807) is 6.42 Å². The van der Waals surface area contributed by atoms with Crippen LogP contribution in [0.3, 0.4) is 0 Å². The molecule has 0 radical (unpaired) electrons. The number of fused-ring (bicyclic) bond motifs is 2. The Balaban J connectivity index is 1.65. The Morgan fingerprint density at radius 2 is 1.85 bits per heavy atom. The van der Waals surface area contributed by atoms with Crippen LogP contribution >= 0.6 is 0 Å². The second-order valence-electron chi connectivity index (χ2n) is 5.05. The van der Waals surface area contributed by atoms with Crippen molar-refractivity contribution in [3.63, 3.8) is 0 Å². The Hall–Kier alpha value is -0.0800. The van der Waals surface area contributed by atoms with Gasteiger partial charge in [-0.1, -0.05) is 0 Å². The summed E-state index contributed by atoms with van der Waals surface area (Å²) in [7, 11) is 0. The molecule has 2 saturated carbocycles. The van der Waals surface area contributed by atoms with Crippen molar-refractivity contribution < 1.29 is 9.64 Å². The largest absolute Gasteiger partial charge is 0.370 e. The summed E-state index contributed by atoms with van der Waals surface area (Å²) in [5.41, 5.74) is 0. The zero-order valence-electron chi connectivity index (χ0n) is 8.30. The lowest BCUT2D eigenvalue weighted by Crippen LogP contribution is -3.18. The second-order valence-corrected chi connectivity index (χ2v) is 5.05. The van der Waals surface area contributed by atoms with Crippen molar-refractivity contribution in [2.24, 2.45) is 11.8 Å². The minimum Gasteiger partial charge on any atom is -0.370 e. The Bertz CT molecular complexity index is 189. The molecule has 0 aromatic rings. The Morgan fingerprint density at radius 1 is 1.00 bits per heavy atom. The molecule has 3 aliphatic rings. The SMILES string of the molecule is C1C[NH+]([C@H]2C[C@@H]3CC[C@H]2C3)CCO1. The zero-order valence-corrected chi connectivity index (χ0v) is 8.30. The maximum atomic E-state index is 5.42. The molecule has 1 heterocycles. The van der Waals surface area contributed by atoms with Crippen LogP contribution in [0.15, 0.2) is 0 Å². The lowest BCUT2D eigenvalue weighted by Gasteiger charge is -2.33. The van der Waals surface area contributed by atoms with Crippen LogP contribution in [0, 0.1) is 11.8 Å². The van der Waals surface area contributed by atoms with Crippen molar-refractivity contribution in [2.45, 2.75) is 31.7 Å². The molecule has 1 saturated heterocycles. The van der Waals surface area contributed by atoms with Crippen LogP contribution in [0.1, 0.15) is 25.7 Å². The van der Waals surface area contributed by atoms with Crippen LogP contribution < -0.4 is 4.90 Å². The third-order valence-corrected chi connectivity index (χ3v) is 4.40. The Morgan fingerprint density at radius 3 is 2.46 bits per heavy atom. The Kier molecular flexibility index (Phi) is 2.06. The quantitative estimate of drug-likeness (QED) is 0.607. The number of hydrogen-bond acceptors (Lipinski definition) is 1. The fourth-order valence-electron chi connectivity index (χ4n) is 3.75.